The van der Waals surface area contributed by atoms with Gasteiger partial charge in [-0.25, -0.2) is 4.79 Å². The molecule has 0 spiro atoms. The average molecular weight is 360 g/mol. The maximum Gasteiger partial charge on any atom is 0.350 e. The Balaban J connectivity index is 1.79. The molecule has 1 aromatic carbocycles. The van der Waals surface area contributed by atoms with Gasteiger partial charge in [0, 0.05) is 31.5 Å². The van der Waals surface area contributed by atoms with E-state index in [4.69, 9.17) is 15.2 Å². The fourth-order valence-corrected chi connectivity index (χ4v) is 3.96. The van der Waals surface area contributed by atoms with Crippen molar-refractivity contribution in [3.63, 3.8) is 0 Å². The third-order valence-electron chi connectivity index (χ3n) is 5.46. The van der Waals surface area contributed by atoms with Gasteiger partial charge < -0.3 is 20.1 Å². The standard InChI is InChI=1S/C21H32N2O3/c1-15(2)14-23(16-7-5-4-6-8-16)19-10-9-17(13-18(19)22)26-21(11-12-21)20(24)25-3/h9-10,13,15-16H,4-8,11-12,14,22H2,1-3H3. The summed E-state index contributed by atoms with van der Waals surface area (Å²) in [5.74, 6) is 0.910. The lowest BCUT2D eigenvalue weighted by Gasteiger charge is -2.38. The predicted octanol–water partition coefficient (Wildman–Crippen LogP) is 4.15. The van der Waals surface area contributed by atoms with Crippen molar-refractivity contribution in [3.05, 3.63) is 18.2 Å². The number of carbonyl (C=O) groups is 1. The molecule has 5 nitrogen and oxygen atoms in total. The minimum Gasteiger partial charge on any atom is -0.475 e. The van der Waals surface area contributed by atoms with Crippen molar-refractivity contribution in [3.8, 4) is 5.75 Å². The normalized spacial score (nSPS) is 19.2. The summed E-state index contributed by atoms with van der Waals surface area (Å²) in [6.07, 6.45) is 7.78. The first-order valence-electron chi connectivity index (χ1n) is 9.89. The number of esters is 1. The van der Waals surface area contributed by atoms with E-state index in [0.717, 1.165) is 17.9 Å². The first kappa shape index (κ1) is 18.9. The molecular weight excluding hydrogens is 328 g/mol. The van der Waals surface area contributed by atoms with Crippen LogP contribution in [-0.4, -0.2) is 31.3 Å². The Morgan fingerprint density at radius 3 is 2.50 bits per heavy atom. The minimum atomic E-state index is -0.802. The van der Waals surface area contributed by atoms with E-state index in [9.17, 15) is 4.79 Å². The molecule has 0 aromatic heterocycles. The van der Waals surface area contributed by atoms with E-state index in [-0.39, 0.29) is 5.97 Å². The zero-order valence-corrected chi connectivity index (χ0v) is 16.3. The van der Waals surface area contributed by atoms with Crippen LogP contribution in [0.3, 0.4) is 0 Å². The van der Waals surface area contributed by atoms with E-state index in [0.29, 0.717) is 30.6 Å². The zero-order chi connectivity index (χ0) is 18.7. The fraction of sp³-hybridized carbons (Fsp3) is 0.667. The van der Waals surface area contributed by atoms with Crippen molar-refractivity contribution in [1.82, 2.24) is 0 Å². The molecule has 2 aliphatic rings. The number of rotatable bonds is 7. The van der Waals surface area contributed by atoms with Gasteiger partial charge in [0.05, 0.1) is 18.5 Å². The van der Waals surface area contributed by atoms with Crippen molar-refractivity contribution < 1.29 is 14.3 Å². The number of carbonyl (C=O) groups excluding carboxylic acids is 1. The summed E-state index contributed by atoms with van der Waals surface area (Å²) in [7, 11) is 1.40. The number of nitrogen functional groups attached to an aromatic ring is 1. The lowest BCUT2D eigenvalue weighted by atomic mass is 9.93. The smallest absolute Gasteiger partial charge is 0.350 e. The molecule has 2 N–H and O–H groups in total. The molecular formula is C21H32N2O3. The molecule has 1 aromatic rings. The molecule has 0 atom stereocenters. The first-order chi connectivity index (χ1) is 12.4. The SMILES string of the molecule is COC(=O)C1(Oc2ccc(N(CC(C)C)C3CCCCC3)c(N)c2)CC1. The maximum atomic E-state index is 11.9. The number of anilines is 2. The molecule has 0 saturated heterocycles. The van der Waals surface area contributed by atoms with Crippen molar-refractivity contribution >= 4 is 17.3 Å². The quantitative estimate of drug-likeness (QED) is 0.584. The highest BCUT2D eigenvalue weighted by molar-refractivity contribution is 5.83. The molecule has 2 aliphatic carbocycles. The molecule has 3 rings (SSSR count). The van der Waals surface area contributed by atoms with Gasteiger partial charge in [-0.3, -0.25) is 0 Å². The highest BCUT2D eigenvalue weighted by Gasteiger charge is 2.54. The van der Waals surface area contributed by atoms with E-state index in [1.165, 1.54) is 39.2 Å². The number of hydrogen-bond acceptors (Lipinski definition) is 5. The number of ether oxygens (including phenoxy) is 2. The molecule has 2 saturated carbocycles. The number of benzene rings is 1. The van der Waals surface area contributed by atoms with Gasteiger partial charge in [-0.2, -0.15) is 0 Å². The third kappa shape index (κ3) is 4.08. The lowest BCUT2D eigenvalue weighted by Crippen LogP contribution is -2.39. The monoisotopic (exact) mass is 360 g/mol. The second-order valence-corrected chi connectivity index (χ2v) is 8.15. The number of nitrogens with zero attached hydrogens (tertiary/aromatic N) is 1. The summed E-state index contributed by atoms with van der Waals surface area (Å²) < 4.78 is 10.8. The molecule has 26 heavy (non-hydrogen) atoms. The predicted molar refractivity (Wildman–Crippen MR) is 105 cm³/mol. The number of hydrogen-bond donors (Lipinski definition) is 1. The van der Waals surface area contributed by atoms with Crippen molar-refractivity contribution in [2.24, 2.45) is 5.92 Å². The van der Waals surface area contributed by atoms with Crippen LogP contribution in [0.4, 0.5) is 11.4 Å². The van der Waals surface area contributed by atoms with Gasteiger partial charge in [0.25, 0.3) is 0 Å². The van der Waals surface area contributed by atoms with E-state index >= 15 is 0 Å². The second-order valence-electron chi connectivity index (χ2n) is 8.15. The van der Waals surface area contributed by atoms with Gasteiger partial charge in [0.1, 0.15) is 5.75 Å². The van der Waals surface area contributed by atoms with Crippen LogP contribution in [0.15, 0.2) is 18.2 Å². The van der Waals surface area contributed by atoms with Crippen molar-refractivity contribution in [2.45, 2.75) is 70.4 Å². The van der Waals surface area contributed by atoms with E-state index in [1.807, 2.05) is 12.1 Å². The van der Waals surface area contributed by atoms with Crippen LogP contribution in [0.25, 0.3) is 0 Å². The summed E-state index contributed by atoms with van der Waals surface area (Å²) in [6, 6.07) is 6.40. The molecule has 5 heteroatoms. The van der Waals surface area contributed by atoms with Gasteiger partial charge in [-0.15, -0.1) is 0 Å². The van der Waals surface area contributed by atoms with Gasteiger partial charge in [-0.05, 0) is 30.9 Å². The molecule has 0 radical (unpaired) electrons. The van der Waals surface area contributed by atoms with Crippen molar-refractivity contribution in [1.29, 1.82) is 0 Å². The van der Waals surface area contributed by atoms with Crippen molar-refractivity contribution in [2.75, 3.05) is 24.3 Å². The van der Waals surface area contributed by atoms with Gasteiger partial charge >= 0.3 is 5.97 Å². The summed E-state index contributed by atoms with van der Waals surface area (Å²) in [4.78, 5) is 14.4. The molecule has 0 heterocycles. The Hall–Kier alpha value is -1.91. The molecule has 0 aliphatic heterocycles. The summed E-state index contributed by atoms with van der Waals surface area (Å²) in [5, 5.41) is 0. The third-order valence-corrected chi connectivity index (χ3v) is 5.46. The molecule has 2 fully saturated rings. The average Bonchev–Trinajstić information content (AvgIpc) is 3.41. The lowest BCUT2D eigenvalue weighted by molar-refractivity contribution is -0.151. The Morgan fingerprint density at radius 2 is 1.96 bits per heavy atom. The van der Waals surface area contributed by atoms with Crippen LogP contribution < -0.4 is 15.4 Å². The van der Waals surface area contributed by atoms with Crippen LogP contribution in [0.2, 0.25) is 0 Å². The van der Waals surface area contributed by atoms with Gasteiger partial charge in [0.15, 0.2) is 0 Å². The Kier molecular flexibility index (Phi) is 5.64. The molecule has 0 bridgehead atoms. The van der Waals surface area contributed by atoms with Gasteiger partial charge in [-0.1, -0.05) is 33.1 Å². The van der Waals surface area contributed by atoms with E-state index in [1.54, 1.807) is 0 Å². The Morgan fingerprint density at radius 1 is 1.27 bits per heavy atom. The van der Waals surface area contributed by atoms with E-state index in [2.05, 4.69) is 24.8 Å². The second kappa shape index (κ2) is 7.77. The van der Waals surface area contributed by atoms with Crippen LogP contribution in [0.5, 0.6) is 5.75 Å². The largest absolute Gasteiger partial charge is 0.475 e. The number of nitrogens with two attached hydrogens (primary N) is 1. The Bertz CT molecular complexity index is 634. The highest BCUT2D eigenvalue weighted by Crippen LogP contribution is 2.42. The zero-order valence-electron chi connectivity index (χ0n) is 16.3. The summed E-state index contributed by atoms with van der Waals surface area (Å²) in [5.41, 5.74) is 7.41. The van der Waals surface area contributed by atoms with Crippen LogP contribution in [0, 0.1) is 5.92 Å². The Labute approximate surface area is 156 Å². The first-order valence-corrected chi connectivity index (χ1v) is 9.89. The van der Waals surface area contributed by atoms with Crippen LogP contribution in [-0.2, 0) is 9.53 Å². The summed E-state index contributed by atoms with van der Waals surface area (Å²) in [6.45, 7) is 5.49. The van der Waals surface area contributed by atoms with Crippen LogP contribution >= 0.6 is 0 Å². The molecule has 0 unspecified atom stereocenters. The highest BCUT2D eigenvalue weighted by atomic mass is 16.6. The molecule has 0 amide bonds. The summed E-state index contributed by atoms with van der Waals surface area (Å²) >= 11 is 0. The van der Waals surface area contributed by atoms with Crippen LogP contribution in [0.1, 0.15) is 58.8 Å². The topological polar surface area (TPSA) is 64.8 Å². The fourth-order valence-electron chi connectivity index (χ4n) is 3.96. The van der Waals surface area contributed by atoms with Gasteiger partial charge in [0.2, 0.25) is 5.60 Å². The minimum absolute atomic E-state index is 0.302. The number of methoxy groups -OCH3 is 1. The maximum absolute atomic E-state index is 11.9. The molecule has 144 valence electrons. The van der Waals surface area contributed by atoms with E-state index < -0.39 is 5.60 Å².